The predicted octanol–water partition coefficient (Wildman–Crippen LogP) is 5.09. The molecular weight excluding hydrogens is 294 g/mol. The van der Waals surface area contributed by atoms with Crippen LogP contribution >= 0.6 is 0 Å². The zero-order valence-corrected chi connectivity index (χ0v) is 14.7. The van der Waals surface area contributed by atoms with Crippen molar-refractivity contribution in [3.05, 3.63) is 78.0 Å². The average molecular weight is 319 g/mol. The van der Waals surface area contributed by atoms with E-state index in [0.29, 0.717) is 0 Å². The Kier molecular flexibility index (Phi) is 4.57. The monoisotopic (exact) mass is 319 g/mol. The molecule has 24 heavy (non-hydrogen) atoms. The minimum Gasteiger partial charge on any atom is -0.288 e. The summed E-state index contributed by atoms with van der Waals surface area (Å²) in [5.41, 5.74) is 3.42. The molecule has 2 heteroatoms. The standard InChI is InChI=1S/C22H25NO/c1-22(2,3)19-13-7-8-14-20(19)23-15-9-12-18(21(23)24)16-17-10-5-4-6-11-17/h4-11,13-15,18H,12,16H2,1-3H3/t18-/m1/s1. The fourth-order valence-corrected chi connectivity index (χ4v) is 3.29. The topological polar surface area (TPSA) is 20.3 Å². The summed E-state index contributed by atoms with van der Waals surface area (Å²) in [7, 11) is 0. The molecule has 0 radical (unpaired) electrons. The SMILES string of the molecule is CC(C)(C)c1ccccc1N1C=CC[C@H](Cc2ccccc2)C1=O. The summed E-state index contributed by atoms with van der Waals surface area (Å²) in [6, 6.07) is 18.5. The highest BCUT2D eigenvalue weighted by Gasteiger charge is 2.29. The third kappa shape index (κ3) is 3.43. The Labute approximate surface area is 144 Å². The molecule has 0 unspecified atom stereocenters. The molecule has 1 aliphatic heterocycles. The van der Waals surface area contributed by atoms with Gasteiger partial charge in [0.25, 0.3) is 0 Å². The Bertz CT molecular complexity index is 740. The number of carbonyl (C=O) groups excluding carboxylic acids is 1. The molecule has 0 fully saturated rings. The molecule has 3 rings (SSSR count). The Hall–Kier alpha value is -2.35. The lowest BCUT2D eigenvalue weighted by molar-refractivity contribution is -0.122. The van der Waals surface area contributed by atoms with Crippen molar-refractivity contribution in [3.63, 3.8) is 0 Å². The van der Waals surface area contributed by atoms with Gasteiger partial charge in [-0.3, -0.25) is 9.69 Å². The first-order valence-electron chi connectivity index (χ1n) is 8.60. The highest BCUT2D eigenvalue weighted by atomic mass is 16.2. The molecule has 1 aliphatic rings. The maximum Gasteiger partial charge on any atom is 0.234 e. The van der Waals surface area contributed by atoms with E-state index >= 15 is 0 Å². The van der Waals surface area contributed by atoms with Crippen molar-refractivity contribution in [2.24, 2.45) is 5.92 Å². The average Bonchev–Trinajstić information content (AvgIpc) is 2.57. The van der Waals surface area contributed by atoms with Gasteiger partial charge in [0.1, 0.15) is 0 Å². The number of benzene rings is 2. The number of amides is 1. The van der Waals surface area contributed by atoms with Gasteiger partial charge in [-0.05, 0) is 35.4 Å². The van der Waals surface area contributed by atoms with Gasteiger partial charge in [0.15, 0.2) is 0 Å². The van der Waals surface area contributed by atoms with E-state index in [0.717, 1.165) is 18.5 Å². The molecule has 0 saturated heterocycles. The van der Waals surface area contributed by atoms with Crippen molar-refractivity contribution >= 4 is 11.6 Å². The molecule has 1 heterocycles. The van der Waals surface area contributed by atoms with E-state index in [4.69, 9.17) is 0 Å². The van der Waals surface area contributed by atoms with Gasteiger partial charge in [-0.25, -0.2) is 0 Å². The quantitative estimate of drug-likeness (QED) is 0.771. The number of rotatable bonds is 3. The fourth-order valence-electron chi connectivity index (χ4n) is 3.29. The first-order valence-corrected chi connectivity index (χ1v) is 8.60. The maximum atomic E-state index is 13.1. The Morgan fingerprint density at radius 3 is 2.38 bits per heavy atom. The zero-order valence-electron chi connectivity index (χ0n) is 14.7. The first kappa shape index (κ1) is 16.5. The van der Waals surface area contributed by atoms with Crippen LogP contribution in [0.5, 0.6) is 0 Å². The molecule has 0 aliphatic carbocycles. The summed E-state index contributed by atoms with van der Waals surface area (Å²) in [6.45, 7) is 6.56. The molecule has 2 aromatic rings. The number of carbonyl (C=O) groups is 1. The number of para-hydroxylation sites is 1. The summed E-state index contributed by atoms with van der Waals surface area (Å²) < 4.78 is 0. The van der Waals surface area contributed by atoms with E-state index in [1.807, 2.05) is 47.5 Å². The van der Waals surface area contributed by atoms with Gasteiger partial charge in [0.05, 0.1) is 5.69 Å². The molecule has 0 spiro atoms. The van der Waals surface area contributed by atoms with Crippen molar-refractivity contribution in [1.29, 1.82) is 0 Å². The van der Waals surface area contributed by atoms with Crippen LogP contribution in [0.15, 0.2) is 66.9 Å². The number of nitrogens with zero attached hydrogens (tertiary/aromatic N) is 1. The second-order valence-corrected chi connectivity index (χ2v) is 7.48. The van der Waals surface area contributed by atoms with Crippen LogP contribution in [0.25, 0.3) is 0 Å². The smallest absolute Gasteiger partial charge is 0.234 e. The van der Waals surface area contributed by atoms with Crippen LogP contribution < -0.4 is 4.90 Å². The number of hydrogen-bond acceptors (Lipinski definition) is 1. The van der Waals surface area contributed by atoms with Gasteiger partial charge in [-0.1, -0.05) is 75.4 Å². The third-order valence-electron chi connectivity index (χ3n) is 4.56. The van der Waals surface area contributed by atoms with Crippen LogP contribution in [0, 0.1) is 5.92 Å². The first-order chi connectivity index (χ1) is 11.5. The van der Waals surface area contributed by atoms with Crippen molar-refractivity contribution in [2.75, 3.05) is 4.90 Å². The van der Waals surface area contributed by atoms with Crippen LogP contribution in [0.3, 0.4) is 0 Å². The van der Waals surface area contributed by atoms with Gasteiger partial charge in [0, 0.05) is 12.1 Å². The summed E-state index contributed by atoms with van der Waals surface area (Å²) in [5.74, 6) is 0.198. The molecule has 1 atom stereocenters. The van der Waals surface area contributed by atoms with E-state index in [2.05, 4.69) is 45.0 Å². The van der Waals surface area contributed by atoms with E-state index in [1.165, 1.54) is 11.1 Å². The summed E-state index contributed by atoms with van der Waals surface area (Å²) >= 11 is 0. The third-order valence-corrected chi connectivity index (χ3v) is 4.56. The molecule has 124 valence electrons. The van der Waals surface area contributed by atoms with Crippen molar-refractivity contribution < 1.29 is 4.79 Å². The zero-order chi connectivity index (χ0) is 17.2. The van der Waals surface area contributed by atoms with E-state index in [-0.39, 0.29) is 17.2 Å². The summed E-state index contributed by atoms with van der Waals surface area (Å²) in [6.07, 6.45) is 5.66. The Morgan fingerprint density at radius 1 is 1.00 bits per heavy atom. The second kappa shape index (κ2) is 6.64. The van der Waals surface area contributed by atoms with Gasteiger partial charge < -0.3 is 0 Å². The van der Waals surface area contributed by atoms with Crippen LogP contribution in [-0.4, -0.2) is 5.91 Å². The minimum atomic E-state index is -0.00289. The maximum absolute atomic E-state index is 13.1. The molecule has 0 bridgehead atoms. The number of hydrogen-bond donors (Lipinski definition) is 0. The van der Waals surface area contributed by atoms with Crippen molar-refractivity contribution in [3.8, 4) is 0 Å². The van der Waals surface area contributed by atoms with E-state index < -0.39 is 0 Å². The largest absolute Gasteiger partial charge is 0.288 e. The lowest BCUT2D eigenvalue weighted by Crippen LogP contribution is -2.37. The van der Waals surface area contributed by atoms with Crippen molar-refractivity contribution in [1.82, 2.24) is 0 Å². The lowest BCUT2D eigenvalue weighted by atomic mass is 9.84. The number of anilines is 1. The molecule has 1 amide bonds. The molecule has 0 N–H and O–H groups in total. The fraction of sp³-hybridized carbons (Fsp3) is 0.318. The van der Waals surface area contributed by atoms with E-state index in [9.17, 15) is 4.79 Å². The Morgan fingerprint density at radius 2 is 1.67 bits per heavy atom. The minimum absolute atomic E-state index is 0.00289. The van der Waals surface area contributed by atoms with Gasteiger partial charge >= 0.3 is 0 Å². The molecule has 0 saturated carbocycles. The van der Waals surface area contributed by atoms with Crippen molar-refractivity contribution in [2.45, 2.75) is 39.0 Å². The highest BCUT2D eigenvalue weighted by Crippen LogP contribution is 2.34. The molecule has 2 nitrogen and oxygen atoms in total. The normalized spacial score (nSPS) is 18.0. The van der Waals surface area contributed by atoms with Crippen LogP contribution in [0.1, 0.15) is 38.3 Å². The lowest BCUT2D eigenvalue weighted by Gasteiger charge is -2.32. The molecule has 0 aromatic heterocycles. The number of allylic oxidation sites excluding steroid dienone is 1. The Balaban J connectivity index is 1.89. The van der Waals surface area contributed by atoms with Crippen LogP contribution in [-0.2, 0) is 16.6 Å². The van der Waals surface area contributed by atoms with Gasteiger partial charge in [-0.15, -0.1) is 0 Å². The molecular formula is C22H25NO. The van der Waals surface area contributed by atoms with Crippen LogP contribution in [0.4, 0.5) is 5.69 Å². The summed E-state index contributed by atoms with van der Waals surface area (Å²) in [5, 5.41) is 0. The summed E-state index contributed by atoms with van der Waals surface area (Å²) in [4.78, 5) is 14.9. The highest BCUT2D eigenvalue weighted by molar-refractivity contribution is 5.98. The van der Waals surface area contributed by atoms with Gasteiger partial charge in [0.2, 0.25) is 5.91 Å². The van der Waals surface area contributed by atoms with Gasteiger partial charge in [-0.2, -0.15) is 0 Å². The predicted molar refractivity (Wildman–Crippen MR) is 100 cm³/mol. The molecule has 2 aromatic carbocycles. The van der Waals surface area contributed by atoms with Crippen LogP contribution in [0.2, 0.25) is 0 Å². The second-order valence-electron chi connectivity index (χ2n) is 7.48. The van der Waals surface area contributed by atoms with E-state index in [1.54, 1.807) is 0 Å².